The van der Waals surface area contributed by atoms with Crippen molar-refractivity contribution >= 4 is 22.7 Å². The zero-order chi connectivity index (χ0) is 20.7. The quantitative estimate of drug-likeness (QED) is 0.627. The molecule has 7 nitrogen and oxygen atoms in total. The van der Waals surface area contributed by atoms with E-state index >= 15 is 0 Å². The largest absolute Gasteiger partial charge is 0.419 e. The molecule has 1 aromatic heterocycles. The first-order chi connectivity index (χ1) is 14.6. The number of oxazole rings is 1. The van der Waals surface area contributed by atoms with Crippen LogP contribution in [0.2, 0.25) is 0 Å². The van der Waals surface area contributed by atoms with E-state index in [1.54, 1.807) is 17.7 Å². The van der Waals surface area contributed by atoms with E-state index < -0.39 is 5.41 Å². The number of carbonyl (C=O) groups excluding carboxylic acids is 1. The molecule has 2 aliphatic heterocycles. The summed E-state index contributed by atoms with van der Waals surface area (Å²) in [6, 6.07) is 15.6. The van der Waals surface area contributed by atoms with Crippen LogP contribution in [-0.2, 0) is 21.5 Å². The van der Waals surface area contributed by atoms with E-state index in [0.717, 1.165) is 29.7 Å². The van der Waals surface area contributed by atoms with Gasteiger partial charge in [0, 0.05) is 39.0 Å². The van der Waals surface area contributed by atoms with Crippen molar-refractivity contribution < 1.29 is 13.9 Å². The molecule has 156 valence electrons. The molecular formula is C23H25N3O4. The monoisotopic (exact) mass is 407 g/mol. The molecule has 2 aliphatic rings. The smallest absolute Gasteiger partial charge is 0.408 e. The number of rotatable bonds is 6. The lowest BCUT2D eigenvalue weighted by molar-refractivity contribution is -0.123. The molecule has 3 heterocycles. The van der Waals surface area contributed by atoms with Crippen LogP contribution in [0.4, 0.5) is 5.69 Å². The molecule has 30 heavy (non-hydrogen) atoms. The zero-order valence-electron chi connectivity index (χ0n) is 17.0. The predicted molar refractivity (Wildman–Crippen MR) is 114 cm³/mol. The molecule has 0 saturated carbocycles. The SMILES string of the molecule is COCCN1C(=O)C2(CCN(CCn3c(=O)oc4ccccc43)C2)c2ccccc21. The van der Waals surface area contributed by atoms with Gasteiger partial charge in [-0.25, -0.2) is 4.79 Å². The summed E-state index contributed by atoms with van der Waals surface area (Å²) in [6.45, 7) is 3.79. The number of methoxy groups -OCH3 is 1. The first kappa shape index (κ1) is 19.1. The molecular weight excluding hydrogens is 382 g/mol. The number of fused-ring (bicyclic) bond motifs is 3. The van der Waals surface area contributed by atoms with E-state index in [1.165, 1.54) is 0 Å². The highest BCUT2D eigenvalue weighted by Crippen LogP contribution is 2.47. The zero-order valence-corrected chi connectivity index (χ0v) is 17.0. The Kier molecular flexibility index (Phi) is 4.72. The van der Waals surface area contributed by atoms with Crippen molar-refractivity contribution in [1.29, 1.82) is 0 Å². The van der Waals surface area contributed by atoms with Crippen LogP contribution >= 0.6 is 0 Å². The van der Waals surface area contributed by atoms with Gasteiger partial charge in [0.2, 0.25) is 5.91 Å². The lowest BCUT2D eigenvalue weighted by atomic mass is 9.81. The third kappa shape index (κ3) is 2.88. The summed E-state index contributed by atoms with van der Waals surface area (Å²) in [5, 5.41) is 0. The van der Waals surface area contributed by atoms with Crippen LogP contribution in [0.15, 0.2) is 57.7 Å². The Labute approximate surface area is 174 Å². The maximum atomic E-state index is 13.5. The van der Waals surface area contributed by atoms with Crippen LogP contribution in [0.5, 0.6) is 0 Å². The molecule has 1 spiro atoms. The third-order valence-electron chi connectivity index (χ3n) is 6.45. The summed E-state index contributed by atoms with van der Waals surface area (Å²) < 4.78 is 12.2. The summed E-state index contributed by atoms with van der Waals surface area (Å²) in [7, 11) is 1.65. The Morgan fingerprint density at radius 3 is 2.70 bits per heavy atom. The van der Waals surface area contributed by atoms with Gasteiger partial charge < -0.3 is 19.0 Å². The van der Waals surface area contributed by atoms with E-state index in [0.29, 0.717) is 38.4 Å². The number of amides is 1. The highest BCUT2D eigenvalue weighted by atomic mass is 16.5. The second kappa shape index (κ2) is 7.41. The van der Waals surface area contributed by atoms with Gasteiger partial charge in [0.25, 0.3) is 0 Å². The first-order valence-corrected chi connectivity index (χ1v) is 10.4. The number of para-hydroxylation sites is 3. The molecule has 2 aromatic carbocycles. The van der Waals surface area contributed by atoms with Gasteiger partial charge in [0.05, 0.1) is 17.5 Å². The standard InChI is InChI=1S/C23H25N3O4/c1-29-15-14-25-18-7-3-2-6-17(18)23(21(25)27)10-11-24(16-23)12-13-26-19-8-4-5-9-20(19)30-22(26)28/h2-9H,10-16H2,1H3. The Balaban J connectivity index is 1.36. The Morgan fingerprint density at radius 1 is 1.03 bits per heavy atom. The minimum Gasteiger partial charge on any atom is -0.408 e. The molecule has 0 radical (unpaired) electrons. The topological polar surface area (TPSA) is 67.9 Å². The number of hydrogen-bond donors (Lipinski definition) is 0. The van der Waals surface area contributed by atoms with Crippen LogP contribution in [0, 0.1) is 0 Å². The Bertz CT molecular complexity index is 1150. The van der Waals surface area contributed by atoms with Gasteiger partial charge in [0.1, 0.15) is 0 Å². The average molecular weight is 407 g/mol. The van der Waals surface area contributed by atoms with Crippen molar-refractivity contribution in [3.8, 4) is 0 Å². The van der Waals surface area contributed by atoms with Gasteiger partial charge in [-0.1, -0.05) is 30.3 Å². The number of benzene rings is 2. The molecule has 1 fully saturated rings. The van der Waals surface area contributed by atoms with E-state index in [9.17, 15) is 9.59 Å². The lowest BCUT2D eigenvalue weighted by Crippen LogP contribution is -2.43. The molecule has 1 amide bonds. The van der Waals surface area contributed by atoms with Crippen LogP contribution in [0.1, 0.15) is 12.0 Å². The van der Waals surface area contributed by atoms with Gasteiger partial charge in [-0.05, 0) is 36.7 Å². The van der Waals surface area contributed by atoms with E-state index in [-0.39, 0.29) is 11.7 Å². The summed E-state index contributed by atoms with van der Waals surface area (Å²) in [5.41, 5.74) is 3.02. The third-order valence-corrected chi connectivity index (χ3v) is 6.45. The molecule has 5 rings (SSSR count). The summed E-state index contributed by atoms with van der Waals surface area (Å²) >= 11 is 0. The molecule has 0 aliphatic carbocycles. The van der Waals surface area contributed by atoms with Crippen LogP contribution in [0.3, 0.4) is 0 Å². The number of hydrogen-bond acceptors (Lipinski definition) is 5. The lowest BCUT2D eigenvalue weighted by Gasteiger charge is -2.24. The fraction of sp³-hybridized carbons (Fsp3) is 0.391. The van der Waals surface area contributed by atoms with E-state index in [1.807, 2.05) is 41.3 Å². The Hall–Kier alpha value is -2.90. The molecule has 1 unspecified atom stereocenters. The highest BCUT2D eigenvalue weighted by molar-refractivity contribution is 6.08. The van der Waals surface area contributed by atoms with Crippen molar-refractivity contribution in [2.45, 2.75) is 18.4 Å². The van der Waals surface area contributed by atoms with Crippen molar-refractivity contribution in [2.24, 2.45) is 0 Å². The van der Waals surface area contributed by atoms with Crippen molar-refractivity contribution in [3.05, 3.63) is 64.6 Å². The fourth-order valence-electron chi connectivity index (χ4n) is 4.94. The number of anilines is 1. The average Bonchev–Trinajstić information content (AvgIpc) is 3.40. The Morgan fingerprint density at radius 2 is 1.83 bits per heavy atom. The second-order valence-corrected chi connectivity index (χ2v) is 8.06. The van der Waals surface area contributed by atoms with Gasteiger partial charge in [0.15, 0.2) is 5.58 Å². The second-order valence-electron chi connectivity index (χ2n) is 8.06. The van der Waals surface area contributed by atoms with Crippen LogP contribution in [0.25, 0.3) is 11.1 Å². The number of aromatic nitrogens is 1. The maximum Gasteiger partial charge on any atom is 0.419 e. The molecule has 7 heteroatoms. The number of nitrogens with zero attached hydrogens (tertiary/aromatic N) is 3. The minimum absolute atomic E-state index is 0.161. The summed E-state index contributed by atoms with van der Waals surface area (Å²) in [4.78, 5) is 29.9. The normalized spacial score (nSPS) is 21.2. The molecule has 3 aromatic rings. The van der Waals surface area contributed by atoms with Crippen molar-refractivity contribution in [1.82, 2.24) is 9.47 Å². The number of likely N-dealkylation sites (tertiary alicyclic amines) is 1. The van der Waals surface area contributed by atoms with E-state index in [4.69, 9.17) is 9.15 Å². The molecule has 0 N–H and O–H groups in total. The maximum absolute atomic E-state index is 13.5. The molecule has 0 bridgehead atoms. The highest BCUT2D eigenvalue weighted by Gasteiger charge is 2.53. The van der Waals surface area contributed by atoms with E-state index in [2.05, 4.69) is 11.0 Å². The number of ether oxygens (including phenoxy) is 1. The molecule has 1 atom stereocenters. The summed E-state index contributed by atoms with van der Waals surface area (Å²) in [5.74, 6) is -0.174. The van der Waals surface area contributed by atoms with Gasteiger partial charge in [-0.15, -0.1) is 0 Å². The van der Waals surface area contributed by atoms with Crippen LogP contribution < -0.4 is 10.7 Å². The fourth-order valence-corrected chi connectivity index (χ4v) is 4.94. The van der Waals surface area contributed by atoms with Gasteiger partial charge in [-0.2, -0.15) is 0 Å². The summed E-state index contributed by atoms with van der Waals surface area (Å²) in [6.07, 6.45) is 0.785. The first-order valence-electron chi connectivity index (χ1n) is 10.4. The minimum atomic E-state index is -0.506. The predicted octanol–water partition coefficient (Wildman–Crippen LogP) is 2.23. The molecule has 1 saturated heterocycles. The van der Waals surface area contributed by atoms with Crippen molar-refractivity contribution in [2.75, 3.05) is 44.8 Å². The number of carbonyl (C=O) groups is 1. The van der Waals surface area contributed by atoms with Gasteiger partial charge in [-0.3, -0.25) is 9.36 Å². The van der Waals surface area contributed by atoms with Crippen molar-refractivity contribution in [3.63, 3.8) is 0 Å². The van der Waals surface area contributed by atoms with Gasteiger partial charge >= 0.3 is 5.76 Å². The van der Waals surface area contributed by atoms with Crippen LogP contribution in [-0.4, -0.2) is 55.3 Å².